The molecule has 1 atom stereocenters. The van der Waals surface area contributed by atoms with Crippen molar-refractivity contribution in [1.82, 2.24) is 4.98 Å². The van der Waals surface area contributed by atoms with Crippen molar-refractivity contribution in [2.24, 2.45) is 5.73 Å². The van der Waals surface area contributed by atoms with Gasteiger partial charge in [-0.1, -0.05) is 0 Å². The van der Waals surface area contributed by atoms with E-state index in [1.807, 2.05) is 11.6 Å². The first kappa shape index (κ1) is 10.8. The van der Waals surface area contributed by atoms with Crippen LogP contribution in [0.25, 0.3) is 0 Å². The molecule has 2 heterocycles. The van der Waals surface area contributed by atoms with Gasteiger partial charge in [-0.2, -0.15) is 11.3 Å². The lowest BCUT2D eigenvalue weighted by Crippen LogP contribution is -2.12. The van der Waals surface area contributed by atoms with Crippen LogP contribution in [0.1, 0.15) is 17.2 Å². The van der Waals surface area contributed by atoms with Crippen molar-refractivity contribution in [3.63, 3.8) is 0 Å². The fraction of sp³-hybridized carbons (Fsp3) is 0.182. The molecular weight excluding hydrogens is 272 g/mol. The van der Waals surface area contributed by atoms with Crippen LogP contribution in [-0.4, -0.2) is 4.98 Å². The number of pyridine rings is 1. The summed E-state index contributed by atoms with van der Waals surface area (Å²) in [5, 5.41) is 4.14. The third kappa shape index (κ3) is 2.87. The SMILES string of the molecule is NC(Cc1cncc(Br)c1)c1ccsc1. The van der Waals surface area contributed by atoms with Gasteiger partial charge in [0.1, 0.15) is 0 Å². The molecule has 0 fully saturated rings. The predicted octanol–water partition coefficient (Wildman–Crippen LogP) is 3.15. The molecule has 2 nitrogen and oxygen atoms in total. The van der Waals surface area contributed by atoms with Gasteiger partial charge in [-0.25, -0.2) is 0 Å². The summed E-state index contributed by atoms with van der Waals surface area (Å²) in [5.41, 5.74) is 8.44. The van der Waals surface area contributed by atoms with Crippen LogP contribution < -0.4 is 5.73 Å². The summed E-state index contributed by atoms with van der Waals surface area (Å²) in [7, 11) is 0. The maximum Gasteiger partial charge on any atom is 0.0410 e. The Hall–Kier alpha value is -0.710. The highest BCUT2D eigenvalue weighted by Crippen LogP contribution is 2.19. The Morgan fingerprint density at radius 2 is 2.33 bits per heavy atom. The van der Waals surface area contributed by atoms with Gasteiger partial charge in [0.25, 0.3) is 0 Å². The molecule has 0 saturated heterocycles. The number of aromatic nitrogens is 1. The molecule has 0 spiro atoms. The zero-order valence-corrected chi connectivity index (χ0v) is 10.5. The lowest BCUT2D eigenvalue weighted by Gasteiger charge is -2.09. The minimum absolute atomic E-state index is 0.0624. The molecule has 1 unspecified atom stereocenters. The third-order valence-corrected chi connectivity index (χ3v) is 3.32. The first-order valence-electron chi connectivity index (χ1n) is 4.63. The van der Waals surface area contributed by atoms with Crippen LogP contribution >= 0.6 is 27.3 Å². The normalized spacial score (nSPS) is 12.7. The van der Waals surface area contributed by atoms with Crippen LogP contribution in [0.3, 0.4) is 0 Å². The molecule has 0 amide bonds. The molecule has 2 rings (SSSR count). The van der Waals surface area contributed by atoms with Gasteiger partial charge in [0.2, 0.25) is 0 Å². The predicted molar refractivity (Wildman–Crippen MR) is 66.9 cm³/mol. The molecule has 78 valence electrons. The maximum atomic E-state index is 6.09. The van der Waals surface area contributed by atoms with Gasteiger partial charge < -0.3 is 5.73 Å². The Kier molecular flexibility index (Phi) is 3.51. The van der Waals surface area contributed by atoms with Gasteiger partial charge in [-0.3, -0.25) is 4.98 Å². The molecular formula is C11H11BrN2S. The number of nitrogens with two attached hydrogens (primary N) is 1. The topological polar surface area (TPSA) is 38.9 Å². The van der Waals surface area contributed by atoms with Crippen LogP contribution in [0.2, 0.25) is 0 Å². The summed E-state index contributed by atoms with van der Waals surface area (Å²) in [6.07, 6.45) is 4.46. The Bertz CT molecular complexity index is 428. The van der Waals surface area contributed by atoms with Crippen molar-refractivity contribution in [1.29, 1.82) is 0 Å². The summed E-state index contributed by atoms with van der Waals surface area (Å²) in [6.45, 7) is 0. The smallest absolute Gasteiger partial charge is 0.0410 e. The van der Waals surface area contributed by atoms with E-state index in [9.17, 15) is 0 Å². The van der Waals surface area contributed by atoms with E-state index in [-0.39, 0.29) is 6.04 Å². The highest BCUT2D eigenvalue weighted by molar-refractivity contribution is 9.10. The summed E-state index contributed by atoms with van der Waals surface area (Å²) >= 11 is 5.08. The van der Waals surface area contributed by atoms with Crippen LogP contribution in [0.5, 0.6) is 0 Å². The molecule has 2 aromatic rings. The summed E-state index contributed by atoms with van der Waals surface area (Å²) in [4.78, 5) is 4.12. The number of halogens is 1. The molecule has 15 heavy (non-hydrogen) atoms. The molecule has 0 radical (unpaired) electrons. The van der Waals surface area contributed by atoms with Gasteiger partial charge in [0.05, 0.1) is 0 Å². The average Bonchev–Trinajstić information content (AvgIpc) is 2.70. The summed E-state index contributed by atoms with van der Waals surface area (Å²) < 4.78 is 0.998. The second kappa shape index (κ2) is 4.88. The van der Waals surface area contributed by atoms with E-state index < -0.39 is 0 Å². The van der Waals surface area contributed by atoms with Crippen LogP contribution in [-0.2, 0) is 6.42 Å². The van der Waals surface area contributed by atoms with Crippen molar-refractivity contribution >= 4 is 27.3 Å². The Labute approximate surface area is 101 Å². The van der Waals surface area contributed by atoms with E-state index >= 15 is 0 Å². The fourth-order valence-electron chi connectivity index (χ4n) is 1.43. The van der Waals surface area contributed by atoms with E-state index in [1.54, 1.807) is 17.5 Å². The molecule has 2 N–H and O–H groups in total. The van der Waals surface area contributed by atoms with Crippen molar-refractivity contribution < 1.29 is 0 Å². The minimum Gasteiger partial charge on any atom is -0.324 e. The second-order valence-electron chi connectivity index (χ2n) is 3.38. The molecule has 0 aromatic carbocycles. The zero-order valence-electron chi connectivity index (χ0n) is 8.06. The Morgan fingerprint density at radius 3 is 3.00 bits per heavy atom. The molecule has 2 aromatic heterocycles. The van der Waals surface area contributed by atoms with Gasteiger partial charge in [-0.15, -0.1) is 0 Å². The second-order valence-corrected chi connectivity index (χ2v) is 5.07. The third-order valence-electron chi connectivity index (χ3n) is 2.19. The monoisotopic (exact) mass is 282 g/mol. The standard InChI is InChI=1S/C11H11BrN2S/c12-10-3-8(5-14-6-10)4-11(13)9-1-2-15-7-9/h1-3,5-7,11H,4,13H2. The van der Waals surface area contributed by atoms with Crippen molar-refractivity contribution in [2.45, 2.75) is 12.5 Å². The molecule has 0 saturated carbocycles. The van der Waals surface area contributed by atoms with Crippen LogP contribution in [0.15, 0.2) is 39.8 Å². The number of hydrogen-bond acceptors (Lipinski definition) is 3. The highest BCUT2D eigenvalue weighted by Gasteiger charge is 2.07. The molecule has 0 aliphatic carbocycles. The molecule has 0 bridgehead atoms. The van der Waals surface area contributed by atoms with Crippen LogP contribution in [0.4, 0.5) is 0 Å². The molecule has 4 heteroatoms. The maximum absolute atomic E-state index is 6.09. The van der Waals surface area contributed by atoms with Crippen molar-refractivity contribution in [2.75, 3.05) is 0 Å². The highest BCUT2D eigenvalue weighted by atomic mass is 79.9. The van der Waals surface area contributed by atoms with E-state index in [0.29, 0.717) is 0 Å². The Balaban J connectivity index is 2.09. The van der Waals surface area contributed by atoms with E-state index in [2.05, 4.69) is 38.4 Å². The van der Waals surface area contributed by atoms with Gasteiger partial charge in [0.15, 0.2) is 0 Å². The fourth-order valence-corrected chi connectivity index (χ4v) is 2.56. The van der Waals surface area contributed by atoms with Gasteiger partial charge in [0, 0.05) is 22.9 Å². The van der Waals surface area contributed by atoms with Crippen molar-refractivity contribution in [3.8, 4) is 0 Å². The largest absolute Gasteiger partial charge is 0.324 e. The number of rotatable bonds is 3. The lowest BCUT2D eigenvalue weighted by molar-refractivity contribution is 0.722. The first-order valence-corrected chi connectivity index (χ1v) is 6.36. The van der Waals surface area contributed by atoms with Gasteiger partial charge in [-0.05, 0) is 56.4 Å². The van der Waals surface area contributed by atoms with E-state index in [4.69, 9.17) is 5.73 Å². The zero-order chi connectivity index (χ0) is 10.7. The van der Waals surface area contributed by atoms with Gasteiger partial charge >= 0.3 is 0 Å². The minimum atomic E-state index is 0.0624. The first-order chi connectivity index (χ1) is 7.25. The molecule has 0 aliphatic rings. The Morgan fingerprint density at radius 1 is 1.47 bits per heavy atom. The van der Waals surface area contributed by atoms with Crippen molar-refractivity contribution in [3.05, 3.63) is 50.9 Å². The quantitative estimate of drug-likeness (QED) is 0.939. The number of nitrogens with zero attached hydrogens (tertiary/aromatic N) is 1. The average molecular weight is 283 g/mol. The van der Waals surface area contributed by atoms with E-state index in [0.717, 1.165) is 16.5 Å². The number of thiophene rings is 1. The lowest BCUT2D eigenvalue weighted by atomic mass is 10.0. The summed E-state index contributed by atoms with van der Waals surface area (Å²) in [5.74, 6) is 0. The summed E-state index contributed by atoms with van der Waals surface area (Å²) in [6, 6.07) is 4.19. The van der Waals surface area contributed by atoms with Crippen LogP contribution in [0, 0.1) is 0 Å². The molecule has 0 aliphatic heterocycles. The number of hydrogen-bond donors (Lipinski definition) is 1. The van der Waals surface area contributed by atoms with E-state index in [1.165, 1.54) is 5.56 Å².